The van der Waals surface area contributed by atoms with E-state index < -0.39 is 75.3 Å². The Hall–Kier alpha value is -3.97. The molecule has 0 bridgehead atoms. The van der Waals surface area contributed by atoms with Gasteiger partial charge in [0.05, 0.1) is 37.1 Å². The molecule has 3 N–H and O–H groups in total. The number of aliphatic carboxylic acids is 1. The molecule has 1 aromatic carbocycles. The summed E-state index contributed by atoms with van der Waals surface area (Å²) in [7, 11) is -4.15. The number of amides is 3. The van der Waals surface area contributed by atoms with E-state index >= 15 is 0 Å². The van der Waals surface area contributed by atoms with Crippen molar-refractivity contribution in [2.24, 2.45) is 0 Å². The number of benzene rings is 1. The third-order valence-corrected chi connectivity index (χ3v) is 12.3. The number of quaternary nitrogens is 1. The summed E-state index contributed by atoms with van der Waals surface area (Å²) in [6.45, 7) is 18.2. The van der Waals surface area contributed by atoms with Gasteiger partial charge in [-0.15, -0.1) is 0 Å². The second-order valence-electron chi connectivity index (χ2n) is 12.7. The van der Waals surface area contributed by atoms with Crippen LogP contribution in [0.4, 0.5) is 4.79 Å². The van der Waals surface area contributed by atoms with Crippen molar-refractivity contribution in [3.05, 3.63) is 45.1 Å². The Morgan fingerprint density at radius 1 is 1.04 bits per heavy atom. The largest absolute Gasteiger partial charge is 0.543 e. The average Bonchev–Trinajstić information content (AvgIpc) is 3.14. The summed E-state index contributed by atoms with van der Waals surface area (Å²) >= 11 is 12.1. The first-order valence-electron chi connectivity index (χ1n) is 18.3. The number of nitrogens with one attached hydrogen (secondary N) is 2. The van der Waals surface area contributed by atoms with Crippen LogP contribution in [0.25, 0.3) is 0 Å². The molecule has 2 aliphatic rings. The summed E-state index contributed by atoms with van der Waals surface area (Å²) in [5.74, 6) is -4.93. The van der Waals surface area contributed by atoms with Gasteiger partial charge >= 0.3 is 12.1 Å². The number of halogens is 2. The molecule has 1 fully saturated rings. The highest BCUT2D eigenvalue weighted by Crippen LogP contribution is 2.36. The molecule has 0 aromatic heterocycles. The van der Waals surface area contributed by atoms with Gasteiger partial charge in [0.2, 0.25) is 5.91 Å². The maximum atomic E-state index is 13.0. The van der Waals surface area contributed by atoms with E-state index in [1.54, 1.807) is 18.2 Å². The van der Waals surface area contributed by atoms with Crippen LogP contribution in [0.15, 0.2) is 29.5 Å². The van der Waals surface area contributed by atoms with Crippen LogP contribution < -0.4 is 15.7 Å². The molecule has 1 unspecified atom stereocenters. The SMILES string of the molecule is CCN(CC)CC.CC[N+](CC)(CC)C(CCCC(=O)N[C@H]1C(=O)N2C(C(=O)[O-])=C(COC(C)=O)CS(=O)(=O)[C@@H]12)NC(=O)OCc1ccc(Cl)cc1Cl.O=CO. The summed E-state index contributed by atoms with van der Waals surface area (Å²) in [5.41, 5.74) is -0.422. The van der Waals surface area contributed by atoms with Gasteiger partial charge in [-0.2, -0.15) is 0 Å². The number of sulfone groups is 1. The molecule has 0 aliphatic carbocycles. The number of rotatable bonds is 18. The normalized spacial score (nSPS) is 17.5. The number of alkyl carbamates (subject to hydrolysis) is 1. The van der Waals surface area contributed by atoms with Crippen molar-refractivity contribution < 1.29 is 61.4 Å². The van der Waals surface area contributed by atoms with Gasteiger partial charge in [0.1, 0.15) is 19.3 Å². The molecule has 3 rings (SSSR count). The number of carboxylic acid groups (broad SMARTS) is 2. The van der Waals surface area contributed by atoms with Gasteiger partial charge in [-0.1, -0.05) is 50.0 Å². The molecule has 17 nitrogen and oxygen atoms in total. The highest BCUT2D eigenvalue weighted by atomic mass is 35.5. The standard InChI is InChI=1S/C29H38Cl2N4O10S.C6H15N.CH2O2/c1-5-35(6-2,7-3)22(32-29(41)45-14-18-11-12-20(30)13-21(18)31)9-8-10-23(37)33-24-26(38)34-25(28(39)40)19(15-44-17(4)36)16-46(42,43)27(24)34;1-4-7(5-2)6-3;2-1-3/h11-13,22,24,27H,5-10,14-16H2,1-4H3,(H2-,32,33,37,39,40,41);4-6H2,1-3H3;1H,(H,2,3)/t22?,24-,27-;;/m0../s1. The van der Waals surface area contributed by atoms with Crippen LogP contribution >= 0.6 is 23.2 Å². The Kier molecular flexibility index (Phi) is 21.4. The summed E-state index contributed by atoms with van der Waals surface area (Å²) < 4.78 is 36.7. The predicted molar refractivity (Wildman–Crippen MR) is 206 cm³/mol. The lowest BCUT2D eigenvalue weighted by molar-refractivity contribution is -0.949. The van der Waals surface area contributed by atoms with Crippen molar-refractivity contribution in [2.75, 3.05) is 51.6 Å². The maximum absolute atomic E-state index is 13.0. The Labute approximate surface area is 338 Å². The van der Waals surface area contributed by atoms with Crippen LogP contribution in [0.1, 0.15) is 73.3 Å². The minimum atomic E-state index is -4.15. The van der Waals surface area contributed by atoms with Crippen molar-refractivity contribution in [1.82, 2.24) is 20.4 Å². The Bertz CT molecular complexity index is 1660. The van der Waals surface area contributed by atoms with E-state index in [-0.39, 0.29) is 31.5 Å². The molecule has 2 aliphatic heterocycles. The minimum absolute atomic E-state index is 0.0854. The second-order valence-corrected chi connectivity index (χ2v) is 15.7. The fourth-order valence-corrected chi connectivity index (χ4v) is 8.93. The Morgan fingerprint density at radius 3 is 2.07 bits per heavy atom. The smallest absolute Gasteiger partial charge is 0.411 e. The van der Waals surface area contributed by atoms with Crippen molar-refractivity contribution in [2.45, 2.75) is 91.9 Å². The molecule has 20 heteroatoms. The maximum Gasteiger partial charge on any atom is 0.411 e. The second kappa shape index (κ2) is 23.9. The first kappa shape index (κ1) is 50.0. The summed E-state index contributed by atoms with van der Waals surface area (Å²) in [6.07, 6.45) is -0.609. The predicted octanol–water partition coefficient (Wildman–Crippen LogP) is 2.29. The summed E-state index contributed by atoms with van der Waals surface area (Å²) in [5, 5.41) is 23.2. The van der Waals surface area contributed by atoms with Crippen LogP contribution in [0.5, 0.6) is 0 Å². The van der Waals surface area contributed by atoms with Gasteiger partial charge in [0.25, 0.3) is 12.4 Å². The van der Waals surface area contributed by atoms with E-state index in [9.17, 15) is 37.5 Å². The molecule has 0 radical (unpaired) electrons. The molecular weight excluding hydrogens is 797 g/mol. The Balaban J connectivity index is 0.00000139. The number of ether oxygens (including phenoxy) is 2. The van der Waals surface area contributed by atoms with Crippen molar-refractivity contribution >= 4 is 69.4 Å². The number of esters is 1. The molecule has 56 heavy (non-hydrogen) atoms. The third-order valence-electron chi connectivity index (χ3n) is 9.75. The zero-order chi connectivity index (χ0) is 42.8. The van der Waals surface area contributed by atoms with Crippen molar-refractivity contribution in [3.63, 3.8) is 0 Å². The number of carbonyl (C=O) groups excluding carboxylic acids is 5. The molecule has 1 saturated heterocycles. The van der Waals surface area contributed by atoms with Crippen LogP contribution in [-0.4, -0.2) is 133 Å². The molecule has 2 heterocycles. The van der Waals surface area contributed by atoms with Crippen molar-refractivity contribution in [1.29, 1.82) is 0 Å². The first-order chi connectivity index (χ1) is 26.4. The van der Waals surface area contributed by atoms with Gasteiger partial charge < -0.3 is 39.2 Å². The zero-order valence-corrected chi connectivity index (χ0v) is 35.3. The molecule has 0 saturated carbocycles. The molecule has 0 spiro atoms. The molecule has 3 amide bonds. The van der Waals surface area contributed by atoms with Crippen LogP contribution in [0.3, 0.4) is 0 Å². The highest BCUT2D eigenvalue weighted by molar-refractivity contribution is 7.92. The molecule has 3 atom stereocenters. The lowest BCUT2D eigenvalue weighted by Crippen LogP contribution is -2.75. The lowest BCUT2D eigenvalue weighted by atomic mass is 10.0. The lowest BCUT2D eigenvalue weighted by Gasteiger charge is -2.50. The van der Waals surface area contributed by atoms with Gasteiger partial charge in [0.15, 0.2) is 21.4 Å². The summed E-state index contributed by atoms with van der Waals surface area (Å²) in [4.78, 5) is 72.9. The van der Waals surface area contributed by atoms with E-state index in [0.29, 0.717) is 51.0 Å². The quantitative estimate of drug-likeness (QED) is 0.0634. The van der Waals surface area contributed by atoms with E-state index in [2.05, 4.69) is 36.3 Å². The number of hydrogen-bond donors (Lipinski definition) is 3. The van der Waals surface area contributed by atoms with Gasteiger partial charge in [0, 0.05) is 40.9 Å². The topological polar surface area (TPSA) is 229 Å². The van der Waals surface area contributed by atoms with Crippen LogP contribution in [0, 0.1) is 0 Å². The van der Waals surface area contributed by atoms with E-state index in [0.717, 1.165) is 6.92 Å². The fourth-order valence-electron chi connectivity index (χ4n) is 6.46. The average molecular weight is 853 g/mol. The third kappa shape index (κ3) is 13.9. The van der Waals surface area contributed by atoms with Gasteiger partial charge in [-0.25, -0.2) is 13.2 Å². The van der Waals surface area contributed by atoms with E-state index in [1.165, 1.54) is 19.6 Å². The Morgan fingerprint density at radius 2 is 1.61 bits per heavy atom. The van der Waals surface area contributed by atoms with Crippen molar-refractivity contribution in [3.8, 4) is 0 Å². The van der Waals surface area contributed by atoms with Gasteiger partial charge in [-0.3, -0.25) is 29.4 Å². The molecular formula is C36H55Cl2N5O12S. The monoisotopic (exact) mass is 851 g/mol. The number of carbonyl (C=O) groups is 6. The minimum Gasteiger partial charge on any atom is -0.543 e. The van der Waals surface area contributed by atoms with E-state index in [1.807, 2.05) is 20.8 Å². The van der Waals surface area contributed by atoms with Gasteiger partial charge in [-0.05, 0) is 59.0 Å². The number of nitrogens with zero attached hydrogens (tertiary/aromatic N) is 3. The van der Waals surface area contributed by atoms with E-state index in [4.69, 9.17) is 42.6 Å². The fraction of sp³-hybridized carbons (Fsp3) is 0.611. The molecule has 1 aromatic rings. The first-order valence-corrected chi connectivity index (χ1v) is 20.8. The number of fused-ring (bicyclic) bond motifs is 1. The number of β-lactam (4-membered cyclic amide) rings is 1. The highest BCUT2D eigenvalue weighted by Gasteiger charge is 2.59. The van der Waals surface area contributed by atoms with Crippen LogP contribution in [-0.2, 0) is 49.9 Å². The summed E-state index contributed by atoms with van der Waals surface area (Å²) in [6, 6.07) is 3.33. The number of carboxylic acids is 1. The zero-order valence-electron chi connectivity index (χ0n) is 33.0. The molecule has 316 valence electrons. The van der Waals surface area contributed by atoms with Crippen LogP contribution in [0.2, 0.25) is 10.0 Å². The number of hydrogen-bond acceptors (Lipinski definition) is 12.